The number of hydrogen-bond donors (Lipinski definition) is 0. The van der Waals surface area contributed by atoms with E-state index in [-0.39, 0.29) is 5.41 Å². The lowest BCUT2D eigenvalue weighted by Crippen LogP contribution is -2.28. The molecular formula is C52H35NS. The maximum absolute atomic E-state index is 2.62. The lowest BCUT2D eigenvalue weighted by Gasteiger charge is -2.34. The molecule has 1 nitrogen and oxygen atoms in total. The van der Waals surface area contributed by atoms with Gasteiger partial charge in [0.2, 0.25) is 0 Å². The Morgan fingerprint density at radius 3 is 1.83 bits per heavy atom. The molecule has 2 aliphatic carbocycles. The first-order valence-corrected chi connectivity index (χ1v) is 19.8. The zero-order chi connectivity index (χ0) is 35.8. The third-order valence-corrected chi connectivity index (χ3v) is 13.8. The lowest BCUT2D eigenvalue weighted by atomic mass is 9.67. The average molecular weight is 706 g/mol. The molecule has 0 radical (unpaired) electrons. The summed E-state index contributed by atoms with van der Waals surface area (Å²) < 4.78 is 5.36. The second kappa shape index (κ2) is 10.7. The number of rotatable bonds is 3. The third kappa shape index (κ3) is 3.64. The third-order valence-electron chi connectivity index (χ3n) is 12.6. The van der Waals surface area contributed by atoms with Gasteiger partial charge < -0.3 is 4.57 Å². The predicted octanol–water partition coefficient (Wildman–Crippen LogP) is 13.8. The van der Waals surface area contributed by atoms with Crippen LogP contribution in [-0.4, -0.2) is 4.57 Å². The quantitative estimate of drug-likeness (QED) is 0.172. The summed E-state index contributed by atoms with van der Waals surface area (Å²) in [4.78, 5) is 0. The number of para-hydroxylation sites is 1. The molecule has 0 unspecified atom stereocenters. The van der Waals surface area contributed by atoms with Gasteiger partial charge in [0.25, 0.3) is 0 Å². The van der Waals surface area contributed by atoms with E-state index in [1.54, 1.807) is 0 Å². The minimum absolute atomic E-state index is 0.203. The molecule has 2 aromatic heterocycles. The van der Waals surface area contributed by atoms with E-state index in [1.807, 2.05) is 11.3 Å². The van der Waals surface area contributed by atoms with Crippen LogP contribution in [0.25, 0.3) is 69.9 Å². The summed E-state index contributed by atoms with van der Waals surface area (Å²) in [6.45, 7) is 4.88. The molecule has 0 saturated heterocycles. The molecule has 0 saturated carbocycles. The van der Waals surface area contributed by atoms with Crippen LogP contribution in [0.15, 0.2) is 176 Å². The fraction of sp³-hybridized carbons (Fsp3) is 0.0769. The van der Waals surface area contributed by atoms with Gasteiger partial charge in [-0.2, -0.15) is 0 Å². The largest absolute Gasteiger partial charge is 0.309 e. The summed E-state index contributed by atoms with van der Waals surface area (Å²) >= 11 is 1.95. The highest BCUT2D eigenvalue weighted by molar-refractivity contribution is 7.26. The van der Waals surface area contributed by atoms with Gasteiger partial charge in [0.05, 0.1) is 16.4 Å². The number of thiophene rings is 1. The van der Waals surface area contributed by atoms with Crippen LogP contribution < -0.4 is 0 Å². The van der Waals surface area contributed by atoms with Crippen molar-refractivity contribution < 1.29 is 0 Å². The molecule has 0 fully saturated rings. The van der Waals surface area contributed by atoms with E-state index in [0.717, 1.165) is 0 Å². The molecule has 0 N–H and O–H groups in total. The molecule has 54 heavy (non-hydrogen) atoms. The number of aromatic nitrogens is 1. The number of benzene rings is 8. The Morgan fingerprint density at radius 2 is 1.07 bits per heavy atom. The fourth-order valence-corrected chi connectivity index (χ4v) is 11.8. The zero-order valence-corrected chi connectivity index (χ0v) is 30.9. The zero-order valence-electron chi connectivity index (χ0n) is 30.1. The summed E-state index contributed by atoms with van der Waals surface area (Å²) in [6.07, 6.45) is 0. The minimum Gasteiger partial charge on any atom is -0.309 e. The number of fused-ring (bicyclic) bond motifs is 15. The first-order chi connectivity index (χ1) is 26.6. The van der Waals surface area contributed by atoms with E-state index in [9.17, 15) is 0 Å². The van der Waals surface area contributed by atoms with E-state index >= 15 is 0 Å². The van der Waals surface area contributed by atoms with Crippen molar-refractivity contribution in [2.75, 3.05) is 0 Å². The van der Waals surface area contributed by atoms with E-state index in [1.165, 1.54) is 103 Å². The minimum atomic E-state index is -0.475. The van der Waals surface area contributed by atoms with Gasteiger partial charge in [0.1, 0.15) is 0 Å². The molecule has 2 heterocycles. The van der Waals surface area contributed by atoms with Gasteiger partial charge in [0.15, 0.2) is 0 Å². The number of nitrogens with zero attached hydrogens (tertiary/aromatic N) is 1. The molecule has 0 amide bonds. The fourth-order valence-electron chi connectivity index (χ4n) is 10.5. The summed E-state index contributed by atoms with van der Waals surface area (Å²) in [5.41, 5.74) is 16.5. The van der Waals surface area contributed by atoms with Gasteiger partial charge in [-0.25, -0.2) is 0 Å². The van der Waals surface area contributed by atoms with Crippen molar-refractivity contribution in [2.24, 2.45) is 0 Å². The smallest absolute Gasteiger partial charge is 0.0714 e. The average Bonchev–Trinajstić information content (AvgIpc) is 3.93. The Labute approximate surface area is 318 Å². The predicted molar refractivity (Wildman–Crippen MR) is 229 cm³/mol. The summed E-state index contributed by atoms with van der Waals surface area (Å²) in [7, 11) is 0. The van der Waals surface area contributed by atoms with Crippen molar-refractivity contribution in [2.45, 2.75) is 24.7 Å². The van der Waals surface area contributed by atoms with Crippen LogP contribution >= 0.6 is 11.3 Å². The van der Waals surface area contributed by atoms with E-state index in [0.29, 0.717) is 0 Å². The molecule has 8 aromatic carbocycles. The van der Waals surface area contributed by atoms with Gasteiger partial charge >= 0.3 is 0 Å². The van der Waals surface area contributed by atoms with Gasteiger partial charge in [-0.1, -0.05) is 166 Å². The Morgan fingerprint density at radius 1 is 0.481 bits per heavy atom. The normalized spacial score (nSPS) is 14.8. The van der Waals surface area contributed by atoms with Crippen LogP contribution in [0.3, 0.4) is 0 Å². The molecule has 2 heteroatoms. The summed E-state index contributed by atoms with van der Waals surface area (Å²) in [5.74, 6) is 0. The van der Waals surface area contributed by atoms with Crippen LogP contribution in [0.1, 0.15) is 47.2 Å². The first kappa shape index (κ1) is 30.3. The van der Waals surface area contributed by atoms with Crippen LogP contribution in [0.4, 0.5) is 0 Å². The van der Waals surface area contributed by atoms with Crippen LogP contribution in [0.2, 0.25) is 0 Å². The topological polar surface area (TPSA) is 4.93 Å². The van der Waals surface area contributed by atoms with Gasteiger partial charge in [0, 0.05) is 47.6 Å². The van der Waals surface area contributed by atoms with Crippen molar-refractivity contribution in [3.05, 3.63) is 209 Å². The molecule has 0 aliphatic heterocycles. The second-order valence-corrected chi connectivity index (χ2v) is 16.6. The molecule has 254 valence electrons. The summed E-state index contributed by atoms with van der Waals surface area (Å²) in [5, 5.41) is 5.38. The molecular weight excluding hydrogens is 671 g/mol. The highest BCUT2D eigenvalue weighted by atomic mass is 32.1. The van der Waals surface area contributed by atoms with Gasteiger partial charge in [-0.15, -0.1) is 11.3 Å². The van der Waals surface area contributed by atoms with E-state index < -0.39 is 5.41 Å². The van der Waals surface area contributed by atoms with Crippen molar-refractivity contribution in [1.82, 2.24) is 4.57 Å². The molecule has 0 atom stereocenters. The molecule has 12 rings (SSSR count). The highest BCUT2D eigenvalue weighted by Crippen LogP contribution is 2.60. The molecule has 10 aromatic rings. The van der Waals surface area contributed by atoms with Gasteiger partial charge in [-0.3, -0.25) is 0 Å². The second-order valence-electron chi connectivity index (χ2n) is 15.6. The summed E-state index contributed by atoms with van der Waals surface area (Å²) in [6, 6.07) is 65.9. The highest BCUT2D eigenvalue weighted by Gasteiger charge is 2.46. The Bertz CT molecular complexity index is 3140. The molecule has 2 aliphatic rings. The maximum atomic E-state index is 2.62. The Kier molecular flexibility index (Phi) is 5.99. The van der Waals surface area contributed by atoms with Crippen LogP contribution in [-0.2, 0) is 10.8 Å². The van der Waals surface area contributed by atoms with E-state index in [4.69, 9.17) is 0 Å². The molecule has 0 spiro atoms. The van der Waals surface area contributed by atoms with Crippen molar-refractivity contribution in [3.8, 4) is 27.9 Å². The molecule has 0 bridgehead atoms. The van der Waals surface area contributed by atoms with Gasteiger partial charge in [-0.05, 0) is 74.3 Å². The van der Waals surface area contributed by atoms with Crippen LogP contribution in [0.5, 0.6) is 0 Å². The van der Waals surface area contributed by atoms with E-state index in [2.05, 4.69) is 194 Å². The van der Waals surface area contributed by atoms with Crippen molar-refractivity contribution >= 4 is 53.3 Å². The number of hydrogen-bond acceptors (Lipinski definition) is 1. The van der Waals surface area contributed by atoms with Crippen molar-refractivity contribution in [3.63, 3.8) is 0 Å². The monoisotopic (exact) mass is 705 g/mol. The Hall–Kier alpha value is -6.22. The standard InChI is InChI=1S/C52H35NS/c1-51(2)40-25-13-10-22-37(40)47-48(51)49-45(46-39-24-12-16-28-44(39)54-50(46)47)38-23-11-15-27-43(38)53(49)34-29-30-36-35-21-9-14-26-41(35)52(42(36)31-34,32-17-5-3-6-18-32)33-19-7-4-8-20-33/h3-31H,1-2H3. The maximum Gasteiger partial charge on any atom is 0.0714 e. The van der Waals surface area contributed by atoms with Crippen molar-refractivity contribution in [1.29, 1.82) is 0 Å². The Balaban J connectivity index is 1.28. The lowest BCUT2D eigenvalue weighted by molar-refractivity contribution is 0.664. The van der Waals surface area contributed by atoms with Crippen LogP contribution in [0, 0.1) is 0 Å². The SMILES string of the molecule is CC1(C)c2ccccc2-c2c1c1c(c3ccccc3n1-c1ccc3c(c1)C(c1ccccc1)(c1ccccc1)c1ccccc1-3)c1c2sc2ccccc21. The first-order valence-electron chi connectivity index (χ1n) is 18.9.